The summed E-state index contributed by atoms with van der Waals surface area (Å²) in [5, 5.41) is 32.8. The lowest BCUT2D eigenvalue weighted by molar-refractivity contribution is -0.763. The summed E-state index contributed by atoms with van der Waals surface area (Å²) in [4.78, 5) is 39.1. The molecule has 0 aromatic heterocycles. The average Bonchev–Trinajstić information content (AvgIpc) is 3.30. The Hall–Kier alpha value is -4.36. The van der Waals surface area contributed by atoms with Gasteiger partial charge in [0.05, 0.1) is 12.2 Å². The number of hydrogen-bond acceptors (Lipinski definition) is 9. The number of esters is 1. The highest BCUT2D eigenvalue weighted by molar-refractivity contribution is 5.84. The molecule has 1 fully saturated rings. The minimum atomic E-state index is -3.26. The molecule has 1 aliphatic carbocycles. The van der Waals surface area contributed by atoms with Gasteiger partial charge in [-0.25, -0.2) is 4.79 Å². The molecule has 5 atom stereocenters. The summed E-state index contributed by atoms with van der Waals surface area (Å²) >= 11 is 0. The number of amides is 1. The first-order chi connectivity index (χ1) is 21.9. The van der Waals surface area contributed by atoms with E-state index >= 15 is 0 Å². The van der Waals surface area contributed by atoms with Crippen LogP contribution >= 0.6 is 0 Å². The number of para-hydroxylation sites is 1. The second-order valence-electron chi connectivity index (χ2n) is 11.1. The van der Waals surface area contributed by atoms with E-state index in [4.69, 9.17) is 9.47 Å². The Morgan fingerprint density at radius 2 is 1.74 bits per heavy atom. The molecule has 0 saturated heterocycles. The van der Waals surface area contributed by atoms with Crippen LogP contribution in [0, 0.1) is 22.0 Å². The number of halogens is 2. The summed E-state index contributed by atoms with van der Waals surface area (Å²) in [6.07, 6.45) is 5.48. The van der Waals surface area contributed by atoms with Crippen molar-refractivity contribution < 1.29 is 48.0 Å². The van der Waals surface area contributed by atoms with Gasteiger partial charge in [-0.15, -0.1) is 10.1 Å². The second-order valence-corrected chi connectivity index (χ2v) is 11.1. The van der Waals surface area contributed by atoms with Gasteiger partial charge in [0.15, 0.2) is 6.61 Å². The number of nitrogens with one attached hydrogen (secondary N) is 1. The van der Waals surface area contributed by atoms with E-state index in [1.165, 1.54) is 13.0 Å². The molecule has 1 amide bonds. The van der Waals surface area contributed by atoms with E-state index in [9.17, 15) is 38.7 Å². The molecule has 3 rings (SSSR count). The Morgan fingerprint density at radius 1 is 1.07 bits per heavy atom. The van der Waals surface area contributed by atoms with Crippen molar-refractivity contribution in [2.75, 3.05) is 6.61 Å². The van der Waals surface area contributed by atoms with Crippen LogP contribution in [0.4, 0.5) is 8.78 Å². The molecule has 250 valence electrons. The third-order valence-corrected chi connectivity index (χ3v) is 7.47. The first kappa shape index (κ1) is 36.1. The van der Waals surface area contributed by atoms with Crippen molar-refractivity contribution in [2.24, 2.45) is 11.8 Å². The number of ether oxygens (including phenoxy) is 2. The number of carbonyl (C=O) groups is 2. The van der Waals surface area contributed by atoms with Crippen LogP contribution in [0.2, 0.25) is 0 Å². The number of hydrogen-bond donors (Lipinski definition) is 3. The topological polar surface area (TPSA) is 157 Å². The van der Waals surface area contributed by atoms with Gasteiger partial charge in [-0.2, -0.15) is 8.78 Å². The molecular formula is C33H40F2N2O9. The second kappa shape index (κ2) is 18.0. The van der Waals surface area contributed by atoms with Gasteiger partial charge in [0.25, 0.3) is 11.0 Å². The first-order valence-electron chi connectivity index (χ1n) is 15.0. The minimum absolute atomic E-state index is 0.0331. The Labute approximate surface area is 266 Å². The highest BCUT2D eigenvalue weighted by Gasteiger charge is 2.40. The van der Waals surface area contributed by atoms with Crippen LogP contribution in [0.25, 0.3) is 0 Å². The number of rotatable bonds is 18. The van der Waals surface area contributed by atoms with Crippen LogP contribution in [0.15, 0.2) is 78.9 Å². The van der Waals surface area contributed by atoms with Gasteiger partial charge >= 0.3 is 5.97 Å². The van der Waals surface area contributed by atoms with E-state index in [-0.39, 0.29) is 32.0 Å². The van der Waals surface area contributed by atoms with Crippen LogP contribution in [-0.2, 0) is 32.4 Å². The molecule has 2 aromatic rings. The third-order valence-electron chi connectivity index (χ3n) is 7.47. The summed E-state index contributed by atoms with van der Waals surface area (Å²) in [7, 11) is 0. The normalized spacial score (nSPS) is 20.5. The minimum Gasteiger partial charge on any atom is -0.487 e. The zero-order chi connectivity index (χ0) is 33.5. The first-order valence-corrected chi connectivity index (χ1v) is 15.0. The molecular weight excluding hydrogens is 606 g/mol. The van der Waals surface area contributed by atoms with E-state index in [1.54, 1.807) is 54.6 Å². The molecule has 1 aliphatic rings. The molecule has 46 heavy (non-hydrogen) atoms. The van der Waals surface area contributed by atoms with Gasteiger partial charge < -0.3 is 29.8 Å². The molecule has 0 spiro atoms. The fraction of sp³-hybridized carbons (Fsp3) is 0.455. The molecule has 3 N–H and O–H groups in total. The monoisotopic (exact) mass is 646 g/mol. The lowest BCUT2D eigenvalue weighted by atomic mass is 9.89. The Bertz CT molecular complexity index is 1320. The summed E-state index contributed by atoms with van der Waals surface area (Å²) in [6.45, 7) is 0.443. The lowest BCUT2D eigenvalue weighted by Crippen LogP contribution is -2.39. The van der Waals surface area contributed by atoms with E-state index < -0.39 is 53.7 Å². The SMILES string of the molecule is CC(NC(=O)CCC/C=C\C[C@@H]1[C@@H](/C=C/C(F)(F)COc2ccccc2)[C@H](O)C[C@@H]1O)C(=O)OCc1ccc(CO[N+](=O)[O-])cc1. The molecule has 0 bridgehead atoms. The molecule has 13 heteroatoms. The smallest absolute Gasteiger partial charge is 0.328 e. The summed E-state index contributed by atoms with van der Waals surface area (Å²) in [5.74, 6) is -4.97. The Kier molecular flexibility index (Phi) is 14.1. The molecule has 0 heterocycles. The zero-order valence-electron chi connectivity index (χ0n) is 25.5. The van der Waals surface area contributed by atoms with Crippen molar-refractivity contribution in [3.63, 3.8) is 0 Å². The average molecular weight is 647 g/mol. The van der Waals surface area contributed by atoms with Gasteiger partial charge in [-0.05, 0) is 61.4 Å². The fourth-order valence-corrected chi connectivity index (χ4v) is 4.97. The maximum atomic E-state index is 14.4. The molecule has 1 unspecified atom stereocenters. The predicted molar refractivity (Wildman–Crippen MR) is 163 cm³/mol. The lowest BCUT2D eigenvalue weighted by Gasteiger charge is -2.20. The summed E-state index contributed by atoms with van der Waals surface area (Å²) in [6, 6.07) is 13.9. The van der Waals surface area contributed by atoms with E-state index in [2.05, 4.69) is 10.2 Å². The van der Waals surface area contributed by atoms with Gasteiger partial charge in [-0.3, -0.25) is 4.79 Å². The quantitative estimate of drug-likeness (QED) is 0.0687. The van der Waals surface area contributed by atoms with Crippen LogP contribution in [0.1, 0.15) is 50.2 Å². The molecule has 2 aromatic carbocycles. The Morgan fingerprint density at radius 3 is 2.41 bits per heavy atom. The Balaban J connectivity index is 1.34. The number of benzene rings is 2. The van der Waals surface area contributed by atoms with Crippen LogP contribution < -0.4 is 10.1 Å². The largest absolute Gasteiger partial charge is 0.487 e. The third kappa shape index (κ3) is 12.6. The predicted octanol–water partition coefficient (Wildman–Crippen LogP) is 4.69. The fourth-order valence-electron chi connectivity index (χ4n) is 4.97. The van der Waals surface area contributed by atoms with Crippen molar-refractivity contribution in [3.8, 4) is 5.75 Å². The van der Waals surface area contributed by atoms with E-state index in [0.717, 1.165) is 6.08 Å². The van der Waals surface area contributed by atoms with Crippen LogP contribution in [0.5, 0.6) is 5.75 Å². The van der Waals surface area contributed by atoms with Crippen LogP contribution in [0.3, 0.4) is 0 Å². The van der Waals surface area contributed by atoms with Gasteiger partial charge in [-0.1, -0.05) is 60.7 Å². The van der Waals surface area contributed by atoms with Crippen molar-refractivity contribution in [1.29, 1.82) is 0 Å². The van der Waals surface area contributed by atoms with Crippen molar-refractivity contribution in [3.05, 3.63) is 100 Å². The number of nitrogens with zero attached hydrogens (tertiary/aromatic N) is 1. The highest BCUT2D eigenvalue weighted by Crippen LogP contribution is 2.37. The molecule has 1 saturated carbocycles. The molecule has 11 nitrogen and oxygen atoms in total. The number of allylic oxidation sites excluding steroid dienone is 2. The van der Waals surface area contributed by atoms with E-state index in [1.807, 2.05) is 12.2 Å². The van der Waals surface area contributed by atoms with Gasteiger partial charge in [0, 0.05) is 18.8 Å². The van der Waals surface area contributed by atoms with Crippen molar-refractivity contribution in [1.82, 2.24) is 5.32 Å². The number of aliphatic hydroxyl groups excluding tert-OH is 2. The highest BCUT2D eigenvalue weighted by atomic mass is 19.3. The number of carbonyl (C=O) groups excluding carboxylic acids is 2. The van der Waals surface area contributed by atoms with Gasteiger partial charge in [0.2, 0.25) is 5.91 Å². The number of alkyl halides is 2. The van der Waals surface area contributed by atoms with E-state index in [0.29, 0.717) is 36.1 Å². The van der Waals surface area contributed by atoms with Crippen LogP contribution in [-0.4, -0.2) is 58.0 Å². The standard InChI is InChI=1S/C33H40F2N2O9/c1-23(32(41)44-20-24-13-15-25(16-14-24)21-46-37(42)43)36-31(40)12-8-3-2-7-11-27-28(30(39)19-29(27)38)17-18-33(34,35)22-45-26-9-5-4-6-10-26/h2,4-7,9-10,13-18,23,27-30,38-39H,3,8,11-12,19-22H2,1H3,(H,36,40)/b7-2-,18-17+/t23?,27-,28-,29+,30-/m1/s1. The molecule has 0 aliphatic heterocycles. The molecule has 0 radical (unpaired) electrons. The van der Waals surface area contributed by atoms with Gasteiger partial charge in [0.1, 0.15) is 25.0 Å². The number of unbranched alkanes of at least 4 members (excludes halogenated alkanes) is 1. The maximum Gasteiger partial charge on any atom is 0.328 e. The maximum absolute atomic E-state index is 14.4. The number of aliphatic hydroxyl groups is 2. The zero-order valence-corrected chi connectivity index (χ0v) is 25.5. The summed E-state index contributed by atoms with van der Waals surface area (Å²) < 4.78 is 39.2. The van der Waals surface area contributed by atoms with Crippen molar-refractivity contribution in [2.45, 2.75) is 76.4 Å². The van der Waals surface area contributed by atoms with Crippen molar-refractivity contribution >= 4 is 11.9 Å². The summed E-state index contributed by atoms with van der Waals surface area (Å²) in [5.41, 5.74) is 1.25.